The monoisotopic (exact) mass is 438 g/mol. The summed E-state index contributed by atoms with van der Waals surface area (Å²) in [5, 5.41) is 1.16. The Hall–Kier alpha value is -1.53. The molecule has 0 N–H and O–H groups in total. The van der Waals surface area contributed by atoms with Gasteiger partial charge in [-0.05, 0) is 36.9 Å². The lowest BCUT2D eigenvalue weighted by atomic mass is 10.1. The smallest absolute Gasteiger partial charge is 0.161 e. The van der Waals surface area contributed by atoms with Gasteiger partial charge in [-0.1, -0.05) is 48.4 Å². The molecule has 0 atom stereocenters. The minimum atomic E-state index is 0.262. The third-order valence-electron chi connectivity index (χ3n) is 4.95. The number of thiocarbonyl (C=S) groups is 1. The van der Waals surface area contributed by atoms with Crippen LogP contribution >= 0.6 is 35.4 Å². The highest BCUT2D eigenvalue weighted by molar-refractivity contribution is 7.80. The van der Waals surface area contributed by atoms with Crippen molar-refractivity contribution in [3.05, 3.63) is 57.6 Å². The fraction of sp³-hybridized carbons (Fsp3) is 0.381. The third-order valence-corrected chi connectivity index (χ3v) is 6.15. The maximum Gasteiger partial charge on any atom is 0.161 e. The summed E-state index contributed by atoms with van der Waals surface area (Å²) in [6.07, 6.45) is 0. The number of hydrogen-bond acceptors (Lipinski definition) is 4. The van der Waals surface area contributed by atoms with Crippen molar-refractivity contribution in [1.29, 1.82) is 0 Å². The summed E-state index contributed by atoms with van der Waals surface area (Å²) < 4.78 is 11.5. The molecule has 3 rings (SSSR count). The van der Waals surface area contributed by atoms with Gasteiger partial charge >= 0.3 is 0 Å². The molecule has 0 unspecified atom stereocenters. The van der Waals surface area contributed by atoms with Gasteiger partial charge in [-0.25, -0.2) is 0 Å². The van der Waals surface area contributed by atoms with Crippen LogP contribution in [0.4, 0.5) is 0 Å². The topological polar surface area (TPSA) is 24.9 Å². The quantitative estimate of drug-likeness (QED) is 0.597. The summed E-state index contributed by atoms with van der Waals surface area (Å²) in [4.78, 5) is 5.52. The van der Waals surface area contributed by atoms with Gasteiger partial charge in [0.25, 0.3) is 0 Å². The molecule has 0 spiro atoms. The molecule has 1 fully saturated rings. The number of ether oxygens (including phenoxy) is 2. The van der Waals surface area contributed by atoms with E-state index in [9.17, 15) is 0 Å². The Kier molecular flexibility index (Phi) is 7.41. The summed E-state index contributed by atoms with van der Waals surface area (Å²) >= 11 is 18.2. The van der Waals surface area contributed by atoms with E-state index in [1.54, 1.807) is 19.2 Å². The van der Waals surface area contributed by atoms with Crippen molar-refractivity contribution in [2.75, 3.05) is 39.8 Å². The molecular weight excluding hydrogens is 415 g/mol. The Balaban J connectivity index is 1.71. The average molecular weight is 439 g/mol. The van der Waals surface area contributed by atoms with Gasteiger partial charge in [-0.2, -0.15) is 0 Å². The number of benzene rings is 2. The molecule has 1 saturated heterocycles. The molecule has 4 nitrogen and oxygen atoms in total. The Morgan fingerprint density at radius 1 is 1.04 bits per heavy atom. The predicted molar refractivity (Wildman–Crippen MR) is 119 cm³/mol. The molecule has 7 heteroatoms. The number of methoxy groups -OCH3 is 1. The van der Waals surface area contributed by atoms with Crippen molar-refractivity contribution in [2.45, 2.75) is 13.5 Å². The van der Waals surface area contributed by atoms with Crippen molar-refractivity contribution >= 4 is 40.4 Å². The van der Waals surface area contributed by atoms with Crippen molar-refractivity contribution in [3.63, 3.8) is 0 Å². The Morgan fingerprint density at radius 2 is 1.71 bits per heavy atom. The standard InChI is InChI=1S/C21H24Cl2N2O2S/c1-3-24-9-11-25(12-10-24)21(28)15-7-8-19(20(13-15)26-2)27-14-16-17(22)5-4-6-18(16)23/h4-8,13H,3,9-12,14H2,1-2H3. The fourth-order valence-electron chi connectivity index (χ4n) is 3.19. The van der Waals surface area contributed by atoms with Crippen LogP contribution < -0.4 is 9.47 Å². The summed E-state index contributed by atoms with van der Waals surface area (Å²) in [6.45, 7) is 7.48. The van der Waals surface area contributed by atoms with Gasteiger partial charge in [-0.3, -0.25) is 0 Å². The van der Waals surface area contributed by atoms with E-state index in [2.05, 4.69) is 16.7 Å². The lowest BCUT2D eigenvalue weighted by Crippen LogP contribution is -2.48. The second kappa shape index (κ2) is 9.79. The summed E-state index contributed by atoms with van der Waals surface area (Å²) in [7, 11) is 1.62. The van der Waals surface area contributed by atoms with Crippen LogP contribution in [0.3, 0.4) is 0 Å². The van der Waals surface area contributed by atoms with Gasteiger partial charge in [0.05, 0.1) is 7.11 Å². The molecule has 1 aliphatic heterocycles. The van der Waals surface area contributed by atoms with Crippen LogP contribution in [0.25, 0.3) is 0 Å². The zero-order valence-electron chi connectivity index (χ0n) is 16.1. The molecule has 0 radical (unpaired) electrons. The Morgan fingerprint density at radius 3 is 2.32 bits per heavy atom. The molecule has 1 aliphatic rings. The minimum Gasteiger partial charge on any atom is -0.493 e. The van der Waals surface area contributed by atoms with Gasteiger partial charge in [0.15, 0.2) is 11.5 Å². The first-order chi connectivity index (χ1) is 13.5. The largest absolute Gasteiger partial charge is 0.493 e. The number of piperazine rings is 1. The van der Waals surface area contributed by atoms with E-state index in [0.717, 1.165) is 48.8 Å². The van der Waals surface area contributed by atoms with Crippen LogP contribution in [-0.4, -0.2) is 54.6 Å². The SMILES string of the molecule is CCN1CCN(C(=S)c2ccc(OCc3c(Cl)cccc3Cl)c(OC)c2)CC1. The van der Waals surface area contributed by atoms with Gasteiger partial charge in [-0.15, -0.1) is 0 Å². The first-order valence-corrected chi connectivity index (χ1v) is 10.4. The van der Waals surface area contributed by atoms with Crippen molar-refractivity contribution in [2.24, 2.45) is 0 Å². The zero-order valence-corrected chi connectivity index (χ0v) is 18.4. The van der Waals surface area contributed by atoms with E-state index in [0.29, 0.717) is 21.5 Å². The minimum absolute atomic E-state index is 0.262. The molecule has 28 heavy (non-hydrogen) atoms. The van der Waals surface area contributed by atoms with Crippen molar-refractivity contribution in [3.8, 4) is 11.5 Å². The van der Waals surface area contributed by atoms with E-state index in [1.165, 1.54) is 0 Å². The van der Waals surface area contributed by atoms with E-state index in [4.69, 9.17) is 44.9 Å². The summed E-state index contributed by atoms with van der Waals surface area (Å²) in [5.41, 5.74) is 1.71. The lowest BCUT2D eigenvalue weighted by Gasteiger charge is -2.35. The highest BCUT2D eigenvalue weighted by Gasteiger charge is 2.20. The summed E-state index contributed by atoms with van der Waals surface area (Å²) in [6, 6.07) is 11.2. The van der Waals surface area contributed by atoms with E-state index < -0.39 is 0 Å². The molecule has 0 amide bonds. The van der Waals surface area contributed by atoms with E-state index in [1.807, 2.05) is 24.3 Å². The van der Waals surface area contributed by atoms with E-state index >= 15 is 0 Å². The van der Waals surface area contributed by atoms with Crippen LogP contribution in [0.2, 0.25) is 10.0 Å². The first kappa shape index (κ1) is 21.2. The first-order valence-electron chi connectivity index (χ1n) is 9.28. The Labute approximate surface area is 181 Å². The Bertz CT molecular complexity index is 819. The molecule has 1 heterocycles. The molecule has 0 aliphatic carbocycles. The molecule has 0 aromatic heterocycles. The van der Waals surface area contributed by atoms with Crippen LogP contribution in [0.1, 0.15) is 18.1 Å². The van der Waals surface area contributed by atoms with Crippen LogP contribution in [-0.2, 0) is 6.61 Å². The molecule has 0 bridgehead atoms. The second-order valence-electron chi connectivity index (χ2n) is 6.58. The normalized spacial score (nSPS) is 14.8. The molecular formula is C21H24Cl2N2O2S. The highest BCUT2D eigenvalue weighted by atomic mass is 35.5. The third kappa shape index (κ3) is 4.90. The molecule has 0 saturated carbocycles. The second-order valence-corrected chi connectivity index (χ2v) is 7.78. The number of likely N-dealkylation sites (N-methyl/N-ethyl adjacent to an activating group) is 1. The van der Waals surface area contributed by atoms with E-state index in [-0.39, 0.29) is 6.61 Å². The van der Waals surface area contributed by atoms with Gasteiger partial charge in [0, 0.05) is 47.4 Å². The lowest BCUT2D eigenvalue weighted by molar-refractivity contribution is 0.192. The van der Waals surface area contributed by atoms with Crippen LogP contribution in [0.5, 0.6) is 11.5 Å². The zero-order chi connectivity index (χ0) is 20.1. The van der Waals surface area contributed by atoms with Crippen molar-refractivity contribution in [1.82, 2.24) is 9.80 Å². The molecule has 2 aromatic carbocycles. The van der Waals surface area contributed by atoms with Crippen molar-refractivity contribution < 1.29 is 9.47 Å². The maximum absolute atomic E-state index is 6.22. The van der Waals surface area contributed by atoms with Gasteiger partial charge in [0.1, 0.15) is 11.6 Å². The molecule has 150 valence electrons. The number of rotatable bonds is 6. The summed E-state index contributed by atoms with van der Waals surface area (Å²) in [5.74, 6) is 1.26. The van der Waals surface area contributed by atoms with Crippen LogP contribution in [0, 0.1) is 0 Å². The number of halogens is 2. The van der Waals surface area contributed by atoms with Crippen LogP contribution in [0.15, 0.2) is 36.4 Å². The average Bonchev–Trinajstić information content (AvgIpc) is 2.73. The maximum atomic E-state index is 6.22. The fourth-order valence-corrected chi connectivity index (χ4v) is 4.01. The van der Waals surface area contributed by atoms with Gasteiger partial charge < -0.3 is 19.3 Å². The highest BCUT2D eigenvalue weighted by Crippen LogP contribution is 2.32. The number of hydrogen-bond donors (Lipinski definition) is 0. The predicted octanol–water partition coefficient (Wildman–Crippen LogP) is 4.89. The molecule has 2 aromatic rings. The van der Waals surface area contributed by atoms with Gasteiger partial charge in [0.2, 0.25) is 0 Å². The number of nitrogens with zero attached hydrogens (tertiary/aromatic N) is 2.